The number of amides is 2. The van der Waals surface area contributed by atoms with E-state index >= 15 is 0 Å². The average Bonchev–Trinajstić information content (AvgIpc) is 2.51. The van der Waals surface area contributed by atoms with Gasteiger partial charge in [0.1, 0.15) is 12.6 Å². The highest BCUT2D eigenvalue weighted by Gasteiger charge is 2.25. The summed E-state index contributed by atoms with van der Waals surface area (Å²) < 4.78 is 10.1. The quantitative estimate of drug-likeness (QED) is 0.768. The molecule has 0 aromatic heterocycles. The standard InChI is InChI=1S/C17H26N2O4/c1-12(2)15(16(20)18-13(3)10-22-4)19-17(21)23-11-14-8-6-5-7-9-14/h5-9,12-13,15H,10-11H2,1-4H3,(H,18,20)(H,19,21). The Balaban J connectivity index is 2.51. The molecule has 0 bridgehead atoms. The van der Waals surface area contributed by atoms with Crippen molar-refractivity contribution >= 4 is 12.0 Å². The Bertz CT molecular complexity index is 491. The van der Waals surface area contributed by atoms with E-state index in [0.29, 0.717) is 6.61 Å². The van der Waals surface area contributed by atoms with E-state index in [9.17, 15) is 9.59 Å². The van der Waals surface area contributed by atoms with Gasteiger partial charge in [-0.2, -0.15) is 0 Å². The number of benzene rings is 1. The van der Waals surface area contributed by atoms with Gasteiger partial charge in [-0.05, 0) is 18.4 Å². The molecule has 0 saturated carbocycles. The van der Waals surface area contributed by atoms with E-state index in [1.165, 1.54) is 0 Å². The molecule has 0 aliphatic heterocycles. The molecule has 1 aromatic carbocycles. The molecule has 6 nitrogen and oxygen atoms in total. The summed E-state index contributed by atoms with van der Waals surface area (Å²) in [4.78, 5) is 24.2. The van der Waals surface area contributed by atoms with Crippen LogP contribution in [-0.4, -0.2) is 37.8 Å². The first-order valence-electron chi connectivity index (χ1n) is 7.70. The summed E-state index contributed by atoms with van der Waals surface area (Å²) in [6.45, 7) is 6.14. The summed E-state index contributed by atoms with van der Waals surface area (Å²) >= 11 is 0. The molecule has 23 heavy (non-hydrogen) atoms. The SMILES string of the molecule is COCC(C)NC(=O)C(NC(=O)OCc1ccccc1)C(C)C. The molecule has 128 valence electrons. The third-order valence-electron chi connectivity index (χ3n) is 3.24. The van der Waals surface area contributed by atoms with Crippen molar-refractivity contribution < 1.29 is 19.1 Å². The summed E-state index contributed by atoms with van der Waals surface area (Å²) in [7, 11) is 1.57. The van der Waals surface area contributed by atoms with Crippen LogP contribution in [0.4, 0.5) is 4.79 Å². The molecular formula is C17H26N2O4. The summed E-state index contributed by atoms with van der Waals surface area (Å²) in [6.07, 6.45) is -0.609. The second-order valence-corrected chi connectivity index (χ2v) is 5.79. The van der Waals surface area contributed by atoms with Gasteiger partial charge in [0.15, 0.2) is 0 Å². The summed E-state index contributed by atoms with van der Waals surface area (Å²) in [6, 6.07) is 8.59. The van der Waals surface area contributed by atoms with Crippen LogP contribution < -0.4 is 10.6 Å². The van der Waals surface area contributed by atoms with E-state index in [1.54, 1.807) is 7.11 Å². The summed E-state index contributed by atoms with van der Waals surface area (Å²) in [5.74, 6) is -0.310. The Hall–Kier alpha value is -2.08. The van der Waals surface area contributed by atoms with Crippen LogP contribution in [0.5, 0.6) is 0 Å². The maximum atomic E-state index is 12.2. The number of carbonyl (C=O) groups excluding carboxylic acids is 2. The lowest BCUT2D eigenvalue weighted by Crippen LogP contribution is -2.52. The van der Waals surface area contributed by atoms with Crippen LogP contribution in [0.2, 0.25) is 0 Å². The monoisotopic (exact) mass is 322 g/mol. The van der Waals surface area contributed by atoms with Crippen LogP contribution in [0.3, 0.4) is 0 Å². The van der Waals surface area contributed by atoms with Gasteiger partial charge < -0.3 is 20.1 Å². The maximum absolute atomic E-state index is 12.2. The molecule has 2 unspecified atom stereocenters. The Morgan fingerprint density at radius 1 is 1.09 bits per heavy atom. The fraction of sp³-hybridized carbons (Fsp3) is 0.529. The summed E-state index contributed by atoms with van der Waals surface area (Å²) in [5, 5.41) is 5.43. The van der Waals surface area contributed by atoms with E-state index < -0.39 is 12.1 Å². The number of nitrogens with one attached hydrogen (secondary N) is 2. The lowest BCUT2D eigenvalue weighted by Gasteiger charge is -2.23. The van der Waals surface area contributed by atoms with Gasteiger partial charge in [-0.3, -0.25) is 4.79 Å². The highest BCUT2D eigenvalue weighted by Crippen LogP contribution is 2.05. The van der Waals surface area contributed by atoms with E-state index in [0.717, 1.165) is 5.56 Å². The highest BCUT2D eigenvalue weighted by molar-refractivity contribution is 5.86. The summed E-state index contributed by atoms with van der Waals surface area (Å²) in [5.41, 5.74) is 0.891. The van der Waals surface area contributed by atoms with Crippen molar-refractivity contribution in [2.75, 3.05) is 13.7 Å². The van der Waals surface area contributed by atoms with Crippen molar-refractivity contribution in [3.63, 3.8) is 0 Å². The number of hydrogen-bond acceptors (Lipinski definition) is 4. The molecule has 2 atom stereocenters. The third kappa shape index (κ3) is 7.15. The average molecular weight is 322 g/mol. The molecular weight excluding hydrogens is 296 g/mol. The minimum absolute atomic E-state index is 0.0611. The van der Waals surface area contributed by atoms with E-state index in [4.69, 9.17) is 9.47 Å². The zero-order valence-corrected chi connectivity index (χ0v) is 14.2. The number of alkyl carbamates (subject to hydrolysis) is 1. The Morgan fingerprint density at radius 2 is 1.74 bits per heavy atom. The topological polar surface area (TPSA) is 76.7 Å². The van der Waals surface area contributed by atoms with Crippen LogP contribution in [0.15, 0.2) is 30.3 Å². The van der Waals surface area contributed by atoms with Crippen molar-refractivity contribution in [1.82, 2.24) is 10.6 Å². The molecule has 6 heteroatoms. The van der Waals surface area contributed by atoms with Crippen molar-refractivity contribution in [1.29, 1.82) is 0 Å². The zero-order valence-electron chi connectivity index (χ0n) is 14.2. The molecule has 0 fully saturated rings. The second-order valence-electron chi connectivity index (χ2n) is 5.79. The zero-order chi connectivity index (χ0) is 17.2. The maximum Gasteiger partial charge on any atom is 0.408 e. The van der Waals surface area contributed by atoms with Crippen molar-refractivity contribution in [2.45, 2.75) is 39.5 Å². The third-order valence-corrected chi connectivity index (χ3v) is 3.24. The van der Waals surface area contributed by atoms with Crippen LogP contribution in [-0.2, 0) is 20.9 Å². The van der Waals surface area contributed by atoms with Crippen molar-refractivity contribution in [2.24, 2.45) is 5.92 Å². The van der Waals surface area contributed by atoms with E-state index in [-0.39, 0.29) is 24.5 Å². The number of ether oxygens (including phenoxy) is 2. The molecule has 1 rings (SSSR count). The smallest absolute Gasteiger partial charge is 0.408 e. The largest absolute Gasteiger partial charge is 0.445 e. The first-order valence-corrected chi connectivity index (χ1v) is 7.70. The minimum atomic E-state index is -0.655. The first-order chi connectivity index (χ1) is 10.9. The molecule has 0 heterocycles. The van der Waals surface area contributed by atoms with Crippen molar-refractivity contribution in [3.05, 3.63) is 35.9 Å². The predicted molar refractivity (Wildman–Crippen MR) is 87.9 cm³/mol. The molecule has 0 aliphatic carbocycles. The van der Waals surface area contributed by atoms with Crippen LogP contribution in [0, 0.1) is 5.92 Å². The van der Waals surface area contributed by atoms with Crippen LogP contribution in [0.25, 0.3) is 0 Å². The van der Waals surface area contributed by atoms with Gasteiger partial charge in [0.25, 0.3) is 0 Å². The lowest BCUT2D eigenvalue weighted by molar-refractivity contribution is -0.125. The van der Waals surface area contributed by atoms with Gasteiger partial charge in [-0.1, -0.05) is 44.2 Å². The molecule has 0 radical (unpaired) electrons. The van der Waals surface area contributed by atoms with Crippen molar-refractivity contribution in [3.8, 4) is 0 Å². The Kier molecular flexibility index (Phi) is 8.11. The normalized spacial score (nSPS) is 13.3. The Labute approximate surface area is 137 Å². The second kappa shape index (κ2) is 9.84. The van der Waals surface area contributed by atoms with Gasteiger partial charge in [-0.25, -0.2) is 4.79 Å². The fourth-order valence-electron chi connectivity index (χ4n) is 2.05. The predicted octanol–water partition coefficient (Wildman–Crippen LogP) is 2.09. The molecule has 0 saturated heterocycles. The molecule has 2 N–H and O–H groups in total. The fourth-order valence-corrected chi connectivity index (χ4v) is 2.05. The van der Waals surface area contributed by atoms with Crippen LogP contribution >= 0.6 is 0 Å². The molecule has 0 spiro atoms. The van der Waals surface area contributed by atoms with Gasteiger partial charge in [0.05, 0.1) is 6.61 Å². The van der Waals surface area contributed by atoms with Gasteiger partial charge in [0, 0.05) is 13.2 Å². The van der Waals surface area contributed by atoms with E-state index in [2.05, 4.69) is 10.6 Å². The lowest BCUT2D eigenvalue weighted by atomic mass is 10.0. The highest BCUT2D eigenvalue weighted by atomic mass is 16.5. The molecule has 2 amide bonds. The molecule has 0 aliphatic rings. The molecule has 1 aromatic rings. The van der Waals surface area contributed by atoms with Gasteiger partial charge in [0.2, 0.25) is 5.91 Å². The van der Waals surface area contributed by atoms with Crippen LogP contribution in [0.1, 0.15) is 26.3 Å². The van der Waals surface area contributed by atoms with E-state index in [1.807, 2.05) is 51.1 Å². The van der Waals surface area contributed by atoms with Gasteiger partial charge >= 0.3 is 6.09 Å². The number of hydrogen-bond donors (Lipinski definition) is 2. The Morgan fingerprint density at radius 3 is 2.30 bits per heavy atom. The number of rotatable bonds is 8. The first kappa shape index (κ1) is 19.0. The minimum Gasteiger partial charge on any atom is -0.445 e. The number of methoxy groups -OCH3 is 1. The van der Waals surface area contributed by atoms with Gasteiger partial charge in [-0.15, -0.1) is 0 Å². The number of carbonyl (C=O) groups is 2.